The summed E-state index contributed by atoms with van der Waals surface area (Å²) in [5, 5.41) is 8.30. The molecule has 3 heteroatoms. The van der Waals surface area contributed by atoms with Gasteiger partial charge in [-0.2, -0.15) is 5.26 Å². The lowest BCUT2D eigenvalue weighted by molar-refractivity contribution is -0.743. The molecule has 40 valence electrons. The molecule has 0 N–H and O–H groups in total. The first-order valence-corrected chi connectivity index (χ1v) is 2.28. The number of rotatable bonds is 0. The molecule has 0 fully saturated rings. The third-order valence-electron chi connectivity index (χ3n) is 0.971. The molecule has 0 unspecified atom stereocenters. The number of nitrogens with zero attached hydrogens (tertiary/aromatic N) is 3. The Morgan fingerprint density at radius 1 is 1.75 bits per heavy atom. The zero-order chi connectivity index (χ0) is 5.98. The van der Waals surface area contributed by atoms with Gasteiger partial charge in [-0.25, -0.2) is 0 Å². The minimum atomic E-state index is 1.43. The Labute approximate surface area is 47.4 Å². The largest absolute Gasteiger partial charge is 0.244 e. The van der Waals surface area contributed by atoms with Gasteiger partial charge in [-0.05, 0) is 0 Å². The Hall–Kier alpha value is -1.30. The van der Waals surface area contributed by atoms with Crippen LogP contribution >= 0.6 is 0 Å². The molecule has 0 aliphatic rings. The summed E-state index contributed by atoms with van der Waals surface area (Å²) in [4.78, 5) is 0. The van der Waals surface area contributed by atoms with Crippen molar-refractivity contribution in [3.8, 4) is 6.19 Å². The third-order valence-corrected chi connectivity index (χ3v) is 0.971. The van der Waals surface area contributed by atoms with Gasteiger partial charge < -0.3 is 0 Å². The maximum atomic E-state index is 8.30. The van der Waals surface area contributed by atoms with Crippen LogP contribution in [-0.4, -0.2) is 4.68 Å². The predicted octanol–water partition coefficient (Wildman–Crippen LogP) is -0.358. The molecule has 0 atom stereocenters. The van der Waals surface area contributed by atoms with E-state index in [9.17, 15) is 0 Å². The van der Waals surface area contributed by atoms with Gasteiger partial charge in [0.05, 0.1) is 6.20 Å². The van der Waals surface area contributed by atoms with E-state index < -0.39 is 0 Å². The van der Waals surface area contributed by atoms with Gasteiger partial charge in [-0.1, -0.05) is 4.68 Å². The van der Waals surface area contributed by atoms with Crippen molar-refractivity contribution in [1.29, 1.82) is 5.26 Å². The van der Waals surface area contributed by atoms with Crippen molar-refractivity contribution in [3.05, 3.63) is 18.5 Å². The number of nitriles is 1. The molecule has 1 heterocycles. The van der Waals surface area contributed by atoms with E-state index in [0.717, 1.165) is 0 Å². The molecule has 0 aliphatic heterocycles. The van der Waals surface area contributed by atoms with E-state index in [1.807, 2.05) is 25.5 Å². The smallest absolute Gasteiger partial charge is 0.167 e. The summed E-state index contributed by atoms with van der Waals surface area (Å²) in [5.74, 6) is 0. The highest BCUT2D eigenvalue weighted by Gasteiger charge is 1.95. The highest BCUT2D eigenvalue weighted by atomic mass is 15.4. The summed E-state index contributed by atoms with van der Waals surface area (Å²) < 4.78 is 3.12. The Kier molecular flexibility index (Phi) is 1.01. The van der Waals surface area contributed by atoms with Gasteiger partial charge in [0, 0.05) is 6.07 Å². The second-order valence-corrected chi connectivity index (χ2v) is 1.51. The molecule has 0 spiro atoms. The molecule has 0 saturated heterocycles. The van der Waals surface area contributed by atoms with E-state index in [2.05, 4.69) is 0 Å². The zero-order valence-electron chi connectivity index (χ0n) is 4.57. The lowest BCUT2D eigenvalue weighted by Gasteiger charge is -1.78. The van der Waals surface area contributed by atoms with Crippen LogP contribution in [0.25, 0.3) is 0 Å². The Balaban J connectivity index is 3.15. The normalized spacial score (nSPS) is 8.50. The number of aryl methyl sites for hydroxylation is 1. The summed E-state index contributed by atoms with van der Waals surface area (Å²) in [7, 11) is 1.81. The monoisotopic (exact) mass is 108 g/mol. The van der Waals surface area contributed by atoms with Gasteiger partial charge in [0.2, 0.25) is 6.19 Å². The van der Waals surface area contributed by atoms with E-state index in [1.165, 1.54) is 4.68 Å². The number of hydrogen-bond acceptors (Lipinski definition) is 1. The van der Waals surface area contributed by atoms with E-state index >= 15 is 0 Å². The van der Waals surface area contributed by atoms with Crippen LogP contribution in [0.4, 0.5) is 0 Å². The van der Waals surface area contributed by atoms with Crippen LogP contribution in [0, 0.1) is 11.5 Å². The van der Waals surface area contributed by atoms with E-state index in [0.29, 0.717) is 0 Å². The van der Waals surface area contributed by atoms with Crippen molar-refractivity contribution in [3.63, 3.8) is 0 Å². The maximum absolute atomic E-state index is 8.30. The third kappa shape index (κ3) is 0.562. The van der Waals surface area contributed by atoms with Gasteiger partial charge in [0.25, 0.3) is 0 Å². The fourth-order valence-electron chi connectivity index (χ4n) is 0.525. The minimum absolute atomic E-state index is 1.43. The Bertz CT molecular complexity index is 218. The average Bonchev–Trinajstić information content (AvgIpc) is 2.14. The molecular formula is C5H6N3+. The maximum Gasteiger partial charge on any atom is 0.244 e. The molecule has 0 amide bonds. The molecule has 0 radical (unpaired) electrons. The lowest BCUT2D eigenvalue weighted by atomic mass is 10.7. The van der Waals surface area contributed by atoms with Gasteiger partial charge in [-0.3, -0.25) is 0 Å². The second-order valence-electron chi connectivity index (χ2n) is 1.51. The molecule has 0 aromatic carbocycles. The fraction of sp³-hybridized carbons (Fsp3) is 0.200. The summed E-state index contributed by atoms with van der Waals surface area (Å²) in [6.45, 7) is 0. The van der Waals surface area contributed by atoms with Crippen molar-refractivity contribution in [2.45, 2.75) is 0 Å². The van der Waals surface area contributed by atoms with Crippen LogP contribution in [0.3, 0.4) is 0 Å². The highest BCUT2D eigenvalue weighted by Crippen LogP contribution is 1.73. The lowest BCUT2D eigenvalue weighted by Crippen LogP contribution is -2.35. The van der Waals surface area contributed by atoms with Crippen LogP contribution < -0.4 is 4.68 Å². The molecular weight excluding hydrogens is 102 g/mol. The minimum Gasteiger partial charge on any atom is -0.167 e. The molecule has 0 aliphatic carbocycles. The van der Waals surface area contributed by atoms with Crippen molar-refractivity contribution in [2.24, 2.45) is 7.05 Å². The summed E-state index contributed by atoms with van der Waals surface area (Å²) in [5.41, 5.74) is 0. The standard InChI is InChI=1S/C5H6N3/c1-7-3-2-4-8(7)5-6/h2-4H,1H3/q+1. The van der Waals surface area contributed by atoms with Crippen LogP contribution in [0.15, 0.2) is 18.5 Å². The van der Waals surface area contributed by atoms with E-state index in [-0.39, 0.29) is 0 Å². The topological polar surface area (TPSA) is 32.6 Å². The van der Waals surface area contributed by atoms with Gasteiger partial charge in [-0.15, -0.1) is 4.68 Å². The molecule has 8 heavy (non-hydrogen) atoms. The number of hydrogen-bond donors (Lipinski definition) is 0. The van der Waals surface area contributed by atoms with Crippen LogP contribution in [0.2, 0.25) is 0 Å². The summed E-state index contributed by atoms with van der Waals surface area (Å²) in [6.07, 6.45) is 5.46. The molecule has 1 aromatic heterocycles. The molecule has 0 saturated carbocycles. The predicted molar refractivity (Wildman–Crippen MR) is 26.6 cm³/mol. The molecule has 1 rings (SSSR count). The first-order valence-electron chi connectivity index (χ1n) is 2.28. The first kappa shape index (κ1) is 4.85. The summed E-state index contributed by atoms with van der Waals surface area (Å²) >= 11 is 0. The van der Waals surface area contributed by atoms with E-state index in [1.54, 1.807) is 10.9 Å². The van der Waals surface area contributed by atoms with Crippen LogP contribution in [0.1, 0.15) is 0 Å². The van der Waals surface area contributed by atoms with Gasteiger partial charge in [0.1, 0.15) is 0 Å². The molecule has 1 aromatic rings. The molecule has 3 nitrogen and oxygen atoms in total. The van der Waals surface area contributed by atoms with Crippen LogP contribution in [-0.2, 0) is 7.05 Å². The summed E-state index contributed by atoms with van der Waals surface area (Å²) in [6, 6.07) is 1.81. The zero-order valence-corrected chi connectivity index (χ0v) is 4.57. The van der Waals surface area contributed by atoms with Crippen molar-refractivity contribution in [2.75, 3.05) is 0 Å². The quantitative estimate of drug-likeness (QED) is 0.418. The van der Waals surface area contributed by atoms with Crippen molar-refractivity contribution >= 4 is 0 Å². The van der Waals surface area contributed by atoms with E-state index in [4.69, 9.17) is 5.26 Å². The van der Waals surface area contributed by atoms with Gasteiger partial charge in [0.15, 0.2) is 13.2 Å². The first-order chi connectivity index (χ1) is 3.84. The fourth-order valence-corrected chi connectivity index (χ4v) is 0.525. The van der Waals surface area contributed by atoms with Crippen molar-refractivity contribution < 1.29 is 4.68 Å². The Morgan fingerprint density at radius 3 is 2.75 bits per heavy atom. The number of aromatic nitrogens is 2. The molecule has 0 bridgehead atoms. The highest BCUT2D eigenvalue weighted by molar-refractivity contribution is 4.79. The SMILES string of the molecule is C[n+]1cccn1C#N. The van der Waals surface area contributed by atoms with Crippen molar-refractivity contribution in [1.82, 2.24) is 4.68 Å². The van der Waals surface area contributed by atoms with Gasteiger partial charge >= 0.3 is 0 Å². The average molecular weight is 108 g/mol. The Morgan fingerprint density at radius 2 is 2.50 bits per heavy atom. The van der Waals surface area contributed by atoms with Crippen LogP contribution in [0.5, 0.6) is 0 Å². The second kappa shape index (κ2) is 1.66.